The summed E-state index contributed by atoms with van der Waals surface area (Å²) in [5.74, 6) is 0. The van der Waals surface area contributed by atoms with Gasteiger partial charge in [-0.25, -0.2) is 4.98 Å². The van der Waals surface area contributed by atoms with Crippen LogP contribution in [0.25, 0.3) is 0 Å². The zero-order chi connectivity index (χ0) is 15.7. The van der Waals surface area contributed by atoms with Crippen LogP contribution in [0.2, 0.25) is 10.2 Å². The summed E-state index contributed by atoms with van der Waals surface area (Å²) in [7, 11) is 0. The molecule has 22 heavy (non-hydrogen) atoms. The Bertz CT molecular complexity index is 722. The van der Waals surface area contributed by atoms with Crippen molar-refractivity contribution in [3.63, 3.8) is 0 Å². The summed E-state index contributed by atoms with van der Waals surface area (Å²) in [6.07, 6.45) is 0.680. The molecule has 0 N–H and O–H groups in total. The van der Waals surface area contributed by atoms with Gasteiger partial charge in [-0.15, -0.1) is 0 Å². The molecule has 0 saturated carbocycles. The van der Waals surface area contributed by atoms with Gasteiger partial charge in [0.15, 0.2) is 0 Å². The van der Waals surface area contributed by atoms with Crippen LogP contribution in [-0.2, 0) is 19.5 Å². The van der Waals surface area contributed by atoms with Crippen LogP contribution in [0.5, 0.6) is 0 Å². The number of hydrogen-bond acceptors (Lipinski definition) is 4. The highest BCUT2D eigenvalue weighted by molar-refractivity contribution is 6.38. The van der Waals surface area contributed by atoms with Gasteiger partial charge < -0.3 is 0 Å². The van der Waals surface area contributed by atoms with Gasteiger partial charge in [-0.05, 0) is 5.56 Å². The second kappa shape index (κ2) is 6.20. The molecule has 1 aliphatic rings. The highest BCUT2D eigenvalue weighted by Gasteiger charge is 2.29. The first-order valence-corrected chi connectivity index (χ1v) is 7.59. The molecule has 0 amide bonds. The third kappa shape index (κ3) is 2.92. The molecule has 0 bridgehead atoms. The molecule has 0 fully saturated rings. The van der Waals surface area contributed by atoms with Gasteiger partial charge >= 0.3 is 5.69 Å². The van der Waals surface area contributed by atoms with Crippen LogP contribution in [0.15, 0.2) is 30.3 Å². The van der Waals surface area contributed by atoms with E-state index >= 15 is 0 Å². The Labute approximate surface area is 137 Å². The molecular weight excluding hydrogens is 325 g/mol. The van der Waals surface area contributed by atoms with E-state index in [2.05, 4.69) is 22.0 Å². The van der Waals surface area contributed by atoms with E-state index in [9.17, 15) is 10.1 Å². The van der Waals surface area contributed by atoms with Crippen molar-refractivity contribution in [2.24, 2.45) is 0 Å². The molecule has 3 rings (SSSR count). The Hall–Kier alpha value is -1.69. The van der Waals surface area contributed by atoms with E-state index < -0.39 is 4.92 Å². The van der Waals surface area contributed by atoms with Crippen LogP contribution < -0.4 is 0 Å². The normalized spacial score (nSPS) is 14.6. The maximum absolute atomic E-state index is 11.1. The zero-order valence-corrected chi connectivity index (χ0v) is 13.1. The van der Waals surface area contributed by atoms with E-state index in [-0.39, 0.29) is 15.9 Å². The zero-order valence-electron chi connectivity index (χ0n) is 11.6. The molecule has 0 atom stereocenters. The predicted molar refractivity (Wildman–Crippen MR) is 85.2 cm³/mol. The lowest BCUT2D eigenvalue weighted by Gasteiger charge is -2.28. The Balaban J connectivity index is 1.89. The van der Waals surface area contributed by atoms with Crippen molar-refractivity contribution >= 4 is 28.9 Å². The number of fused-ring (bicyclic) bond motifs is 1. The minimum atomic E-state index is -0.575. The summed E-state index contributed by atoms with van der Waals surface area (Å²) < 4.78 is 0. The largest absolute Gasteiger partial charge is 0.325 e. The van der Waals surface area contributed by atoms with Gasteiger partial charge in [0.25, 0.3) is 0 Å². The molecule has 0 aliphatic carbocycles. The lowest BCUT2D eigenvalue weighted by Crippen LogP contribution is -2.31. The van der Waals surface area contributed by atoms with Gasteiger partial charge in [0.1, 0.15) is 5.02 Å². The van der Waals surface area contributed by atoms with Gasteiger partial charge in [0.05, 0.1) is 4.92 Å². The lowest BCUT2D eigenvalue weighted by molar-refractivity contribution is -0.385. The number of rotatable bonds is 3. The Morgan fingerprint density at radius 3 is 2.68 bits per heavy atom. The number of pyridine rings is 1. The van der Waals surface area contributed by atoms with Crippen molar-refractivity contribution in [3.8, 4) is 0 Å². The quantitative estimate of drug-likeness (QED) is 0.484. The summed E-state index contributed by atoms with van der Waals surface area (Å²) in [4.78, 5) is 16.9. The monoisotopic (exact) mass is 337 g/mol. The highest BCUT2D eigenvalue weighted by Crippen LogP contribution is 2.37. The maximum atomic E-state index is 11.1. The summed E-state index contributed by atoms with van der Waals surface area (Å²) in [5, 5.41) is 11.1. The van der Waals surface area contributed by atoms with Gasteiger partial charge in [0.2, 0.25) is 5.15 Å². The van der Waals surface area contributed by atoms with Crippen molar-refractivity contribution in [2.75, 3.05) is 6.54 Å². The SMILES string of the molecule is O=[N+]([O-])c1c(Cl)nc2c(c1Cl)CN(Cc1ccccc1)CC2. The van der Waals surface area contributed by atoms with Crippen molar-refractivity contribution < 1.29 is 4.92 Å². The second-order valence-electron chi connectivity index (χ2n) is 5.19. The van der Waals surface area contributed by atoms with Crippen LogP contribution >= 0.6 is 23.2 Å². The summed E-state index contributed by atoms with van der Waals surface area (Å²) >= 11 is 12.1. The molecule has 1 aromatic carbocycles. The van der Waals surface area contributed by atoms with E-state index in [1.54, 1.807) is 0 Å². The molecule has 0 radical (unpaired) electrons. The first kappa shape index (κ1) is 15.2. The molecule has 1 aliphatic heterocycles. The highest BCUT2D eigenvalue weighted by atomic mass is 35.5. The summed E-state index contributed by atoms with van der Waals surface area (Å²) in [5.41, 5.74) is 2.35. The van der Waals surface area contributed by atoms with Crippen LogP contribution in [-0.4, -0.2) is 21.4 Å². The molecule has 0 unspecified atom stereocenters. The summed E-state index contributed by atoms with van der Waals surface area (Å²) in [6.45, 7) is 2.13. The van der Waals surface area contributed by atoms with Crippen molar-refractivity contribution in [1.82, 2.24) is 9.88 Å². The molecule has 2 heterocycles. The molecule has 2 aromatic rings. The minimum absolute atomic E-state index is 0.109. The van der Waals surface area contributed by atoms with Crippen molar-refractivity contribution in [1.29, 1.82) is 0 Å². The summed E-state index contributed by atoms with van der Waals surface area (Å²) in [6, 6.07) is 10.1. The standard InChI is InChI=1S/C15H13Cl2N3O2/c16-13-11-9-19(8-10-4-2-1-3-5-10)7-6-12(11)18-15(17)14(13)20(21)22/h1-5H,6-9H2. The fourth-order valence-electron chi connectivity index (χ4n) is 2.67. The topological polar surface area (TPSA) is 59.3 Å². The Kier molecular flexibility index (Phi) is 4.29. The van der Waals surface area contributed by atoms with Gasteiger partial charge in [0, 0.05) is 37.3 Å². The lowest BCUT2D eigenvalue weighted by atomic mass is 10.0. The van der Waals surface area contributed by atoms with E-state index in [0.29, 0.717) is 18.5 Å². The van der Waals surface area contributed by atoms with Crippen molar-refractivity contribution in [2.45, 2.75) is 19.5 Å². The fourth-order valence-corrected chi connectivity index (χ4v) is 3.31. The van der Waals surface area contributed by atoms with Crippen LogP contribution in [0.1, 0.15) is 16.8 Å². The minimum Gasteiger partial charge on any atom is -0.294 e. The average Bonchev–Trinajstić information content (AvgIpc) is 2.49. The molecule has 0 spiro atoms. The molecule has 1 aromatic heterocycles. The number of aromatic nitrogens is 1. The number of hydrogen-bond donors (Lipinski definition) is 0. The van der Waals surface area contributed by atoms with Gasteiger partial charge in [-0.2, -0.15) is 0 Å². The second-order valence-corrected chi connectivity index (χ2v) is 5.93. The van der Waals surface area contributed by atoms with E-state index in [1.165, 1.54) is 5.56 Å². The van der Waals surface area contributed by atoms with E-state index in [4.69, 9.17) is 23.2 Å². The van der Waals surface area contributed by atoms with E-state index in [1.807, 2.05) is 18.2 Å². The van der Waals surface area contributed by atoms with Crippen LogP contribution in [0.3, 0.4) is 0 Å². The molecular formula is C15H13Cl2N3O2. The molecule has 114 valence electrons. The average molecular weight is 338 g/mol. The molecule has 0 saturated heterocycles. The predicted octanol–water partition coefficient (Wildman–Crippen LogP) is 3.85. The maximum Gasteiger partial charge on any atom is 0.325 e. The third-order valence-electron chi connectivity index (χ3n) is 3.73. The Morgan fingerprint density at radius 2 is 2.00 bits per heavy atom. The first-order valence-electron chi connectivity index (χ1n) is 6.83. The number of halogens is 2. The molecule has 5 nitrogen and oxygen atoms in total. The van der Waals surface area contributed by atoms with Gasteiger partial charge in [-0.3, -0.25) is 15.0 Å². The number of nitrogens with zero attached hydrogens (tertiary/aromatic N) is 3. The molecule has 7 heteroatoms. The van der Waals surface area contributed by atoms with Crippen LogP contribution in [0, 0.1) is 10.1 Å². The number of nitro groups is 1. The van der Waals surface area contributed by atoms with E-state index in [0.717, 1.165) is 18.8 Å². The van der Waals surface area contributed by atoms with Crippen molar-refractivity contribution in [3.05, 3.63) is 67.4 Å². The number of benzene rings is 1. The third-order valence-corrected chi connectivity index (χ3v) is 4.40. The van der Waals surface area contributed by atoms with Gasteiger partial charge in [-0.1, -0.05) is 53.5 Å². The first-order chi connectivity index (χ1) is 10.6. The Morgan fingerprint density at radius 1 is 1.27 bits per heavy atom. The fraction of sp³-hybridized carbons (Fsp3) is 0.267. The van der Waals surface area contributed by atoms with Crippen LogP contribution in [0.4, 0.5) is 5.69 Å². The smallest absolute Gasteiger partial charge is 0.294 e.